The number of ether oxygens (including phenoxy) is 1. The van der Waals surface area contributed by atoms with Crippen molar-refractivity contribution in [3.8, 4) is 0 Å². The minimum absolute atomic E-state index is 0.00878. The van der Waals surface area contributed by atoms with Crippen molar-refractivity contribution in [3.63, 3.8) is 0 Å². The third-order valence-corrected chi connectivity index (χ3v) is 4.07. The molecule has 6 nitrogen and oxygen atoms in total. The summed E-state index contributed by atoms with van der Waals surface area (Å²) in [6.45, 7) is 2.51. The lowest BCUT2D eigenvalue weighted by Gasteiger charge is -2.27. The van der Waals surface area contributed by atoms with Gasteiger partial charge in [0.2, 0.25) is 0 Å². The molecule has 1 aliphatic rings. The second-order valence-electron chi connectivity index (χ2n) is 5.51. The van der Waals surface area contributed by atoms with Gasteiger partial charge in [-0.3, -0.25) is 4.79 Å². The Hall–Kier alpha value is -2.39. The highest BCUT2D eigenvalue weighted by atomic mass is 35.5. The van der Waals surface area contributed by atoms with Crippen LogP contribution in [0, 0.1) is 0 Å². The van der Waals surface area contributed by atoms with Crippen molar-refractivity contribution in [3.05, 3.63) is 46.9 Å². The molecule has 26 heavy (non-hydrogen) atoms. The van der Waals surface area contributed by atoms with Gasteiger partial charge in [0, 0.05) is 18.8 Å². The number of amides is 1. The fourth-order valence-corrected chi connectivity index (χ4v) is 2.63. The van der Waals surface area contributed by atoms with E-state index >= 15 is 0 Å². The zero-order chi connectivity index (χ0) is 18.7. The number of carbonyl (C=O) groups is 1. The summed E-state index contributed by atoms with van der Waals surface area (Å²) in [7, 11) is 0. The SMILES string of the molecule is O=C(Nc1ccc(Cl)c(C(F)(F)F)c1)c1cnc(N2CCOCC2)cn1. The quantitative estimate of drug-likeness (QED) is 0.877. The van der Waals surface area contributed by atoms with Crippen molar-refractivity contribution in [2.24, 2.45) is 0 Å². The van der Waals surface area contributed by atoms with Gasteiger partial charge in [0.05, 0.1) is 36.2 Å². The molecule has 3 rings (SSSR count). The number of nitrogens with zero attached hydrogens (tertiary/aromatic N) is 3. The van der Waals surface area contributed by atoms with Gasteiger partial charge in [-0.1, -0.05) is 11.6 Å². The van der Waals surface area contributed by atoms with Gasteiger partial charge in [0.15, 0.2) is 0 Å². The Morgan fingerprint density at radius 2 is 1.92 bits per heavy atom. The van der Waals surface area contributed by atoms with Gasteiger partial charge in [-0.2, -0.15) is 13.2 Å². The van der Waals surface area contributed by atoms with Crippen molar-refractivity contribution in [1.82, 2.24) is 9.97 Å². The summed E-state index contributed by atoms with van der Waals surface area (Å²) in [6, 6.07) is 3.13. The number of alkyl halides is 3. The molecule has 1 saturated heterocycles. The molecule has 1 N–H and O–H groups in total. The summed E-state index contributed by atoms with van der Waals surface area (Å²) < 4.78 is 43.9. The van der Waals surface area contributed by atoms with E-state index in [1.807, 2.05) is 4.90 Å². The molecule has 1 aliphatic heterocycles. The van der Waals surface area contributed by atoms with Crippen molar-refractivity contribution >= 4 is 29.0 Å². The van der Waals surface area contributed by atoms with Gasteiger partial charge in [-0.05, 0) is 18.2 Å². The summed E-state index contributed by atoms with van der Waals surface area (Å²) >= 11 is 5.56. The van der Waals surface area contributed by atoms with Crippen LogP contribution < -0.4 is 10.2 Å². The molecule has 1 fully saturated rings. The Labute approximate surface area is 151 Å². The smallest absolute Gasteiger partial charge is 0.378 e. The summed E-state index contributed by atoms with van der Waals surface area (Å²) in [5.41, 5.74) is -1.07. The lowest BCUT2D eigenvalue weighted by Crippen LogP contribution is -2.36. The molecular formula is C16H14ClF3N4O2. The second kappa shape index (κ2) is 7.46. The van der Waals surface area contributed by atoms with E-state index < -0.39 is 22.7 Å². The topological polar surface area (TPSA) is 67.4 Å². The first-order chi connectivity index (χ1) is 12.3. The largest absolute Gasteiger partial charge is 0.417 e. The van der Waals surface area contributed by atoms with E-state index in [1.54, 1.807) is 0 Å². The molecule has 0 aliphatic carbocycles. The lowest BCUT2D eigenvalue weighted by molar-refractivity contribution is -0.137. The molecule has 1 aromatic carbocycles. The minimum Gasteiger partial charge on any atom is -0.378 e. The Morgan fingerprint density at radius 1 is 1.19 bits per heavy atom. The van der Waals surface area contributed by atoms with Gasteiger partial charge in [-0.25, -0.2) is 9.97 Å². The Morgan fingerprint density at radius 3 is 2.54 bits per heavy atom. The average Bonchev–Trinajstić information content (AvgIpc) is 2.63. The predicted octanol–water partition coefficient (Wildman–Crippen LogP) is 3.24. The van der Waals surface area contributed by atoms with Crippen molar-refractivity contribution in [1.29, 1.82) is 0 Å². The first kappa shape index (κ1) is 18.4. The first-order valence-corrected chi connectivity index (χ1v) is 8.05. The van der Waals surface area contributed by atoms with E-state index in [1.165, 1.54) is 18.5 Å². The normalized spacial score (nSPS) is 15.0. The number of carbonyl (C=O) groups excluding carboxylic acids is 1. The van der Waals surface area contributed by atoms with Gasteiger partial charge >= 0.3 is 6.18 Å². The summed E-state index contributed by atoms with van der Waals surface area (Å²) in [5.74, 6) is -0.0582. The number of nitrogens with one attached hydrogen (secondary N) is 1. The second-order valence-corrected chi connectivity index (χ2v) is 5.91. The number of aromatic nitrogens is 2. The van der Waals surface area contributed by atoms with Crippen molar-refractivity contribution < 1.29 is 22.7 Å². The van der Waals surface area contributed by atoms with Crippen LogP contribution in [0.3, 0.4) is 0 Å². The first-order valence-electron chi connectivity index (χ1n) is 7.67. The minimum atomic E-state index is -4.61. The third kappa shape index (κ3) is 4.23. The number of morpholine rings is 1. The molecule has 0 unspecified atom stereocenters. The molecular weight excluding hydrogens is 373 g/mol. The zero-order valence-corrected chi connectivity index (χ0v) is 14.1. The van der Waals surface area contributed by atoms with E-state index in [4.69, 9.17) is 16.3 Å². The molecule has 2 aromatic rings. The highest BCUT2D eigenvalue weighted by molar-refractivity contribution is 6.31. The van der Waals surface area contributed by atoms with Crippen LogP contribution in [-0.2, 0) is 10.9 Å². The fraction of sp³-hybridized carbons (Fsp3) is 0.312. The lowest BCUT2D eigenvalue weighted by atomic mass is 10.2. The van der Waals surface area contributed by atoms with Crippen LogP contribution in [0.15, 0.2) is 30.6 Å². The standard InChI is InChI=1S/C16H14ClF3N4O2/c17-12-2-1-10(7-11(12)16(18,19)20)23-15(25)13-8-22-14(9-21-13)24-3-5-26-6-4-24/h1-2,7-9H,3-6H2,(H,23,25). The number of rotatable bonds is 3. The number of halogens is 4. The molecule has 1 amide bonds. The van der Waals surface area contributed by atoms with Crippen LogP contribution in [0.1, 0.15) is 16.1 Å². The molecule has 0 spiro atoms. The van der Waals surface area contributed by atoms with Gasteiger partial charge in [0.1, 0.15) is 11.5 Å². The van der Waals surface area contributed by atoms with Gasteiger partial charge in [0.25, 0.3) is 5.91 Å². The van der Waals surface area contributed by atoms with Crippen molar-refractivity contribution in [2.75, 3.05) is 36.5 Å². The number of anilines is 2. The van der Waals surface area contributed by atoms with E-state index in [-0.39, 0.29) is 11.4 Å². The summed E-state index contributed by atoms with van der Waals surface area (Å²) in [5, 5.41) is 1.92. The number of hydrogen-bond acceptors (Lipinski definition) is 5. The van der Waals surface area contributed by atoms with Crippen molar-refractivity contribution in [2.45, 2.75) is 6.18 Å². The molecule has 0 bridgehead atoms. The number of benzene rings is 1. The maximum atomic E-state index is 12.9. The van der Waals surface area contributed by atoms with Crippen LogP contribution in [-0.4, -0.2) is 42.2 Å². The molecule has 0 saturated carbocycles. The highest BCUT2D eigenvalue weighted by Gasteiger charge is 2.33. The van der Waals surface area contributed by atoms with Crippen LogP contribution in [0.2, 0.25) is 5.02 Å². The Bertz CT molecular complexity index is 793. The Kier molecular flexibility index (Phi) is 5.28. The van der Waals surface area contributed by atoms with Crippen LogP contribution in [0.4, 0.5) is 24.7 Å². The molecule has 0 atom stereocenters. The zero-order valence-electron chi connectivity index (χ0n) is 13.4. The maximum Gasteiger partial charge on any atom is 0.417 e. The van der Waals surface area contributed by atoms with E-state index in [0.717, 1.165) is 12.1 Å². The molecule has 0 radical (unpaired) electrons. The predicted molar refractivity (Wildman–Crippen MR) is 89.5 cm³/mol. The van der Waals surface area contributed by atoms with E-state index in [2.05, 4.69) is 15.3 Å². The third-order valence-electron chi connectivity index (χ3n) is 3.74. The van der Waals surface area contributed by atoms with Gasteiger partial charge < -0.3 is 15.0 Å². The van der Waals surface area contributed by atoms with Crippen LogP contribution in [0.25, 0.3) is 0 Å². The molecule has 2 heterocycles. The Balaban J connectivity index is 1.72. The van der Waals surface area contributed by atoms with E-state index in [9.17, 15) is 18.0 Å². The summed E-state index contributed by atoms with van der Waals surface area (Å²) in [6.07, 6.45) is -1.89. The molecule has 1 aromatic heterocycles. The summed E-state index contributed by atoms with van der Waals surface area (Å²) in [4.78, 5) is 22.4. The fourth-order valence-electron chi connectivity index (χ4n) is 2.41. The van der Waals surface area contributed by atoms with Crippen LogP contribution in [0.5, 0.6) is 0 Å². The highest BCUT2D eigenvalue weighted by Crippen LogP contribution is 2.36. The number of hydrogen-bond donors (Lipinski definition) is 1. The van der Waals surface area contributed by atoms with E-state index in [0.29, 0.717) is 32.1 Å². The average molecular weight is 387 g/mol. The molecule has 10 heteroatoms. The maximum absolute atomic E-state index is 12.9. The molecule has 138 valence electrons. The van der Waals surface area contributed by atoms with Gasteiger partial charge in [-0.15, -0.1) is 0 Å². The van der Waals surface area contributed by atoms with Crippen LogP contribution >= 0.6 is 11.6 Å². The monoisotopic (exact) mass is 386 g/mol.